The van der Waals surface area contributed by atoms with Crippen LogP contribution < -0.4 is 16.6 Å². The van der Waals surface area contributed by atoms with E-state index >= 15 is 0 Å². The number of nitrogens with two attached hydrogens (primary N) is 1. The molecule has 0 aliphatic heterocycles. The van der Waals surface area contributed by atoms with E-state index in [2.05, 4.69) is 46.5 Å². The van der Waals surface area contributed by atoms with E-state index < -0.39 is 0 Å². The van der Waals surface area contributed by atoms with Crippen LogP contribution in [0.3, 0.4) is 0 Å². The van der Waals surface area contributed by atoms with Crippen molar-refractivity contribution in [1.29, 1.82) is 0 Å². The zero-order valence-corrected chi connectivity index (χ0v) is 12.8. The van der Waals surface area contributed by atoms with Crippen LogP contribution in [0.4, 0.5) is 11.6 Å². The minimum atomic E-state index is 0.288. The fourth-order valence-electron chi connectivity index (χ4n) is 1.92. The number of hydrazine groups is 1. The third-order valence-corrected chi connectivity index (χ3v) is 3.06. The summed E-state index contributed by atoms with van der Waals surface area (Å²) in [5, 5.41) is 3.35. The number of ether oxygens (including phenoxy) is 1. The molecule has 0 saturated heterocycles. The molecule has 114 valence electrons. The number of rotatable bonds is 9. The van der Waals surface area contributed by atoms with Crippen LogP contribution >= 0.6 is 0 Å². The molecular weight excluding hydrogens is 256 g/mol. The predicted molar refractivity (Wildman–Crippen MR) is 81.8 cm³/mol. The van der Waals surface area contributed by atoms with Crippen molar-refractivity contribution in [3.63, 3.8) is 0 Å². The van der Waals surface area contributed by atoms with E-state index in [1.54, 1.807) is 7.11 Å². The van der Waals surface area contributed by atoms with Crippen molar-refractivity contribution in [2.24, 2.45) is 5.84 Å². The van der Waals surface area contributed by atoms with Crippen LogP contribution in [-0.2, 0) is 4.74 Å². The molecule has 0 bridgehead atoms. The molecule has 4 N–H and O–H groups in total. The molecule has 0 amide bonds. The number of methoxy groups -OCH3 is 1. The van der Waals surface area contributed by atoms with Crippen molar-refractivity contribution >= 4 is 11.6 Å². The normalized spacial score (nSPS) is 11.2. The average molecular weight is 282 g/mol. The second-order valence-corrected chi connectivity index (χ2v) is 5.01. The first-order valence-electron chi connectivity index (χ1n) is 6.83. The van der Waals surface area contributed by atoms with Gasteiger partial charge in [-0.1, -0.05) is 13.8 Å². The van der Waals surface area contributed by atoms with Gasteiger partial charge in [0.1, 0.15) is 18.0 Å². The molecule has 0 aliphatic rings. The Hall–Kier alpha value is -1.44. The molecule has 0 aromatic carbocycles. The summed E-state index contributed by atoms with van der Waals surface area (Å²) < 4.78 is 5.05. The molecule has 1 aromatic rings. The minimum absolute atomic E-state index is 0.288. The van der Waals surface area contributed by atoms with Gasteiger partial charge in [-0.05, 0) is 13.0 Å². The molecule has 0 unspecified atom stereocenters. The summed E-state index contributed by atoms with van der Waals surface area (Å²) in [7, 11) is 3.78. The Morgan fingerprint density at radius 2 is 2.00 bits per heavy atom. The topological polar surface area (TPSA) is 88.3 Å². The highest BCUT2D eigenvalue weighted by atomic mass is 16.5. The summed E-state index contributed by atoms with van der Waals surface area (Å²) in [5.74, 6) is 7.29. The van der Waals surface area contributed by atoms with Gasteiger partial charge < -0.3 is 20.4 Å². The Labute approximate surface area is 120 Å². The van der Waals surface area contributed by atoms with E-state index in [4.69, 9.17) is 10.6 Å². The van der Waals surface area contributed by atoms with Gasteiger partial charge in [0.25, 0.3) is 0 Å². The number of nitrogen functional groups attached to an aromatic ring is 1. The zero-order valence-electron chi connectivity index (χ0n) is 12.8. The second-order valence-electron chi connectivity index (χ2n) is 5.01. The van der Waals surface area contributed by atoms with E-state index in [9.17, 15) is 0 Å². The lowest BCUT2D eigenvalue weighted by molar-refractivity contribution is 0.163. The van der Waals surface area contributed by atoms with Crippen LogP contribution in [-0.4, -0.2) is 55.3 Å². The molecule has 7 nitrogen and oxygen atoms in total. The Balaban J connectivity index is 2.59. The van der Waals surface area contributed by atoms with Crippen molar-refractivity contribution in [3.05, 3.63) is 11.9 Å². The number of nitrogens with zero attached hydrogens (tertiary/aromatic N) is 3. The van der Waals surface area contributed by atoms with Gasteiger partial charge in [0.15, 0.2) is 0 Å². The third kappa shape index (κ3) is 4.92. The van der Waals surface area contributed by atoms with Crippen molar-refractivity contribution in [1.82, 2.24) is 14.9 Å². The first-order chi connectivity index (χ1) is 9.60. The highest BCUT2D eigenvalue weighted by molar-refractivity contribution is 5.58. The van der Waals surface area contributed by atoms with E-state index in [0.717, 1.165) is 37.6 Å². The van der Waals surface area contributed by atoms with Crippen LogP contribution in [0.1, 0.15) is 25.3 Å². The molecule has 1 aromatic heterocycles. The van der Waals surface area contributed by atoms with Crippen molar-refractivity contribution in [2.75, 3.05) is 51.1 Å². The second kappa shape index (κ2) is 8.68. The molecule has 0 fully saturated rings. The zero-order chi connectivity index (χ0) is 15.0. The van der Waals surface area contributed by atoms with Crippen LogP contribution in [0.2, 0.25) is 0 Å². The third-order valence-electron chi connectivity index (χ3n) is 3.06. The lowest BCUT2D eigenvalue weighted by atomic mass is 10.0. The SMILES string of the molecule is COCCN(C)CCNc1ncnc(NN)c1C(C)C. The molecule has 0 atom stereocenters. The van der Waals surface area contributed by atoms with Crippen LogP contribution in [0.25, 0.3) is 0 Å². The number of anilines is 2. The summed E-state index contributed by atoms with van der Waals surface area (Å²) in [6.07, 6.45) is 1.51. The van der Waals surface area contributed by atoms with E-state index in [1.165, 1.54) is 6.33 Å². The maximum Gasteiger partial charge on any atom is 0.148 e. The van der Waals surface area contributed by atoms with Crippen LogP contribution in [0.15, 0.2) is 6.33 Å². The highest BCUT2D eigenvalue weighted by Gasteiger charge is 2.14. The number of likely N-dealkylation sites (N-methyl/N-ethyl adjacent to an activating group) is 1. The molecule has 0 aliphatic carbocycles. The van der Waals surface area contributed by atoms with Crippen molar-refractivity contribution < 1.29 is 4.74 Å². The molecule has 7 heteroatoms. The Kier molecular flexibility index (Phi) is 7.21. The maximum atomic E-state index is 5.50. The summed E-state index contributed by atoms with van der Waals surface area (Å²) in [4.78, 5) is 10.7. The number of nitrogens with one attached hydrogen (secondary N) is 2. The molecule has 1 rings (SSSR count). The summed E-state index contributed by atoms with van der Waals surface area (Å²) in [6.45, 7) is 7.55. The lowest BCUT2D eigenvalue weighted by Gasteiger charge is -2.19. The number of hydrogen-bond donors (Lipinski definition) is 3. The summed E-state index contributed by atoms with van der Waals surface area (Å²) >= 11 is 0. The van der Waals surface area contributed by atoms with Gasteiger partial charge in [0, 0.05) is 32.3 Å². The Morgan fingerprint density at radius 1 is 1.30 bits per heavy atom. The molecular formula is C13H26N6O. The van der Waals surface area contributed by atoms with Gasteiger partial charge in [0.05, 0.1) is 6.61 Å². The first-order valence-corrected chi connectivity index (χ1v) is 6.83. The number of aromatic nitrogens is 2. The van der Waals surface area contributed by atoms with Gasteiger partial charge in [-0.25, -0.2) is 15.8 Å². The van der Waals surface area contributed by atoms with Crippen molar-refractivity contribution in [3.8, 4) is 0 Å². The standard InChI is InChI=1S/C13H26N6O/c1-10(2)11-12(16-9-17-13(11)18-14)15-5-6-19(3)7-8-20-4/h9-10H,5-8,14H2,1-4H3,(H2,15,16,17,18). The van der Waals surface area contributed by atoms with Gasteiger partial charge in [0.2, 0.25) is 0 Å². The molecule has 1 heterocycles. The predicted octanol–water partition coefficient (Wildman–Crippen LogP) is 0.876. The quantitative estimate of drug-likeness (QED) is 0.457. The highest BCUT2D eigenvalue weighted by Crippen LogP contribution is 2.27. The van der Waals surface area contributed by atoms with Gasteiger partial charge in [-0.15, -0.1) is 0 Å². The molecule has 0 saturated carbocycles. The fraction of sp³-hybridized carbons (Fsp3) is 0.692. The van der Waals surface area contributed by atoms with E-state index in [1.807, 2.05) is 0 Å². The smallest absolute Gasteiger partial charge is 0.148 e. The Morgan fingerprint density at radius 3 is 2.60 bits per heavy atom. The largest absolute Gasteiger partial charge is 0.383 e. The monoisotopic (exact) mass is 282 g/mol. The van der Waals surface area contributed by atoms with E-state index in [-0.39, 0.29) is 5.92 Å². The average Bonchev–Trinajstić information content (AvgIpc) is 2.44. The van der Waals surface area contributed by atoms with Crippen molar-refractivity contribution in [2.45, 2.75) is 19.8 Å². The minimum Gasteiger partial charge on any atom is -0.383 e. The van der Waals surface area contributed by atoms with Gasteiger partial charge >= 0.3 is 0 Å². The van der Waals surface area contributed by atoms with E-state index in [0.29, 0.717) is 5.82 Å². The fourth-order valence-corrected chi connectivity index (χ4v) is 1.92. The molecule has 0 radical (unpaired) electrons. The number of hydrogen-bond acceptors (Lipinski definition) is 7. The summed E-state index contributed by atoms with van der Waals surface area (Å²) in [6, 6.07) is 0. The summed E-state index contributed by atoms with van der Waals surface area (Å²) in [5.41, 5.74) is 3.64. The van der Waals surface area contributed by atoms with Gasteiger partial charge in [-0.3, -0.25) is 0 Å². The van der Waals surface area contributed by atoms with Gasteiger partial charge in [-0.2, -0.15) is 0 Å². The Bertz CT molecular complexity index is 398. The molecule has 0 spiro atoms. The van der Waals surface area contributed by atoms with Crippen LogP contribution in [0.5, 0.6) is 0 Å². The molecule has 20 heavy (non-hydrogen) atoms. The first kappa shape index (κ1) is 16.6. The van der Waals surface area contributed by atoms with Crippen LogP contribution in [0, 0.1) is 0 Å². The lowest BCUT2D eigenvalue weighted by Crippen LogP contribution is -2.28. The maximum absolute atomic E-state index is 5.50.